The highest BCUT2D eigenvalue weighted by molar-refractivity contribution is 9.10. The number of ether oxygens (including phenoxy) is 2. The molecule has 0 spiro atoms. The Bertz CT molecular complexity index is 1190. The highest BCUT2D eigenvalue weighted by Crippen LogP contribution is 2.39. The normalized spacial score (nSPS) is 10.3. The second kappa shape index (κ2) is 9.61. The minimum atomic E-state index is -0.534. The van der Waals surface area contributed by atoms with Gasteiger partial charge in [-0.25, -0.2) is 9.78 Å². The van der Waals surface area contributed by atoms with E-state index in [2.05, 4.69) is 25.9 Å². The van der Waals surface area contributed by atoms with E-state index in [0.717, 1.165) is 0 Å². The predicted octanol–water partition coefficient (Wildman–Crippen LogP) is 4.41. The molecule has 0 fully saturated rings. The number of nitriles is 1. The quantitative estimate of drug-likeness (QED) is 0.238. The first-order valence-corrected chi connectivity index (χ1v) is 10.8. The second-order valence-corrected chi connectivity index (χ2v) is 7.53. The molecule has 0 radical (unpaired) electrons. The molecule has 1 N–H and O–H groups in total. The highest BCUT2D eigenvalue weighted by Gasteiger charge is 2.20. The molecule has 1 heterocycles. The molecule has 0 bridgehead atoms. The first-order valence-electron chi connectivity index (χ1n) is 8.80. The van der Waals surface area contributed by atoms with Crippen LogP contribution in [0.25, 0.3) is 11.3 Å². The van der Waals surface area contributed by atoms with Crippen molar-refractivity contribution < 1.29 is 14.3 Å². The third-order valence-electron chi connectivity index (χ3n) is 4.00. The number of hydrogen-bond donors (Lipinski definition) is 1. The van der Waals surface area contributed by atoms with Crippen molar-refractivity contribution in [3.8, 4) is 28.8 Å². The summed E-state index contributed by atoms with van der Waals surface area (Å²) < 4.78 is 11.7. The van der Waals surface area contributed by atoms with E-state index < -0.39 is 11.5 Å². The molecule has 0 saturated heterocycles. The van der Waals surface area contributed by atoms with E-state index in [1.165, 1.54) is 11.8 Å². The Morgan fingerprint density at radius 1 is 1.27 bits per heavy atom. The average molecular weight is 486 g/mol. The minimum Gasteiger partial charge on any atom is -0.490 e. The molecule has 0 saturated carbocycles. The van der Waals surface area contributed by atoms with E-state index in [-0.39, 0.29) is 22.8 Å². The van der Waals surface area contributed by atoms with Crippen LogP contribution < -0.4 is 15.0 Å². The maximum absolute atomic E-state index is 12.5. The Kier molecular flexibility index (Phi) is 6.92. The number of esters is 1. The number of nitrogens with one attached hydrogen (secondary N) is 1. The summed E-state index contributed by atoms with van der Waals surface area (Å²) in [5.74, 6) is -0.0423. The number of aromatic nitrogens is 2. The standard InChI is InChI=1S/C21H16BrN3O4S/c1-3-28-16-9-13(18-14(11-23)19(26)25-21(24-18)30-2)15(22)10-17(16)29-20(27)12-7-5-4-6-8-12/h4-10H,3H2,1-2H3,(H,24,25,26). The summed E-state index contributed by atoms with van der Waals surface area (Å²) in [6.07, 6.45) is 1.76. The number of benzene rings is 2. The Labute approximate surface area is 185 Å². The largest absolute Gasteiger partial charge is 0.490 e. The van der Waals surface area contributed by atoms with Crippen LogP contribution in [0.2, 0.25) is 0 Å². The van der Waals surface area contributed by atoms with Gasteiger partial charge in [-0.2, -0.15) is 5.26 Å². The fraction of sp³-hybridized carbons (Fsp3) is 0.143. The lowest BCUT2D eigenvalue weighted by atomic mass is 10.1. The van der Waals surface area contributed by atoms with Crippen LogP contribution in [0, 0.1) is 11.3 Å². The van der Waals surface area contributed by atoms with Gasteiger partial charge in [0.15, 0.2) is 16.7 Å². The van der Waals surface area contributed by atoms with Gasteiger partial charge >= 0.3 is 5.97 Å². The lowest BCUT2D eigenvalue weighted by Crippen LogP contribution is -2.15. The van der Waals surface area contributed by atoms with E-state index in [4.69, 9.17) is 9.47 Å². The number of H-pyrrole nitrogens is 1. The van der Waals surface area contributed by atoms with Gasteiger partial charge < -0.3 is 14.5 Å². The van der Waals surface area contributed by atoms with Gasteiger partial charge in [-0.1, -0.05) is 30.0 Å². The fourth-order valence-corrected chi connectivity index (χ4v) is 3.53. The highest BCUT2D eigenvalue weighted by atomic mass is 79.9. The summed E-state index contributed by atoms with van der Waals surface area (Å²) in [7, 11) is 0. The zero-order chi connectivity index (χ0) is 21.7. The van der Waals surface area contributed by atoms with Crippen LogP contribution in [0.5, 0.6) is 11.5 Å². The first kappa shape index (κ1) is 21.6. The number of nitrogens with zero attached hydrogens (tertiary/aromatic N) is 2. The number of aromatic amines is 1. The lowest BCUT2D eigenvalue weighted by Gasteiger charge is -2.14. The summed E-state index contributed by atoms with van der Waals surface area (Å²) in [6, 6.07) is 13.6. The number of thioether (sulfide) groups is 1. The summed E-state index contributed by atoms with van der Waals surface area (Å²) in [6.45, 7) is 2.11. The molecule has 152 valence electrons. The molecule has 0 unspecified atom stereocenters. The number of carbonyl (C=O) groups excluding carboxylic acids is 1. The van der Waals surface area contributed by atoms with Gasteiger partial charge in [-0.3, -0.25) is 4.79 Å². The number of halogens is 1. The molecule has 30 heavy (non-hydrogen) atoms. The van der Waals surface area contributed by atoms with Crippen LogP contribution in [0.15, 0.2) is 56.9 Å². The molecule has 3 aromatic rings. The van der Waals surface area contributed by atoms with Gasteiger partial charge in [0.25, 0.3) is 5.56 Å². The van der Waals surface area contributed by atoms with E-state index in [1.54, 1.807) is 55.6 Å². The van der Waals surface area contributed by atoms with Crippen LogP contribution >= 0.6 is 27.7 Å². The van der Waals surface area contributed by atoms with Gasteiger partial charge in [0.05, 0.1) is 17.9 Å². The van der Waals surface area contributed by atoms with E-state index in [9.17, 15) is 14.9 Å². The molecule has 9 heteroatoms. The lowest BCUT2D eigenvalue weighted by molar-refractivity contribution is 0.0728. The molecule has 2 aromatic carbocycles. The zero-order valence-corrected chi connectivity index (χ0v) is 18.5. The van der Waals surface area contributed by atoms with Gasteiger partial charge in [-0.15, -0.1) is 0 Å². The minimum absolute atomic E-state index is 0.120. The van der Waals surface area contributed by atoms with Gasteiger partial charge in [0.2, 0.25) is 0 Å². The molecular formula is C21H16BrN3O4S. The summed E-state index contributed by atoms with van der Waals surface area (Å²) in [5, 5.41) is 9.83. The molecule has 0 amide bonds. The van der Waals surface area contributed by atoms with E-state index >= 15 is 0 Å². The maximum atomic E-state index is 12.5. The fourth-order valence-electron chi connectivity index (χ4n) is 2.65. The molecule has 0 atom stereocenters. The van der Waals surface area contributed by atoms with Crippen molar-refractivity contribution in [3.05, 3.63) is 68.4 Å². The Morgan fingerprint density at radius 3 is 2.63 bits per heavy atom. The number of hydrogen-bond acceptors (Lipinski definition) is 7. The molecule has 1 aromatic heterocycles. The predicted molar refractivity (Wildman–Crippen MR) is 117 cm³/mol. The SMILES string of the molecule is CCOc1cc(-c2nc(SC)[nH]c(=O)c2C#N)c(Br)cc1OC(=O)c1ccccc1. The summed E-state index contributed by atoms with van der Waals surface area (Å²) in [4.78, 5) is 31.7. The molecular weight excluding hydrogens is 470 g/mol. The summed E-state index contributed by atoms with van der Waals surface area (Å²) in [5.41, 5.74) is 0.421. The average Bonchev–Trinajstić information content (AvgIpc) is 2.75. The van der Waals surface area contributed by atoms with Crippen molar-refractivity contribution in [2.75, 3.05) is 12.9 Å². The Morgan fingerprint density at radius 2 is 2.00 bits per heavy atom. The van der Waals surface area contributed by atoms with Crippen LogP contribution in [-0.2, 0) is 0 Å². The molecule has 0 aliphatic carbocycles. The van der Waals surface area contributed by atoms with Crippen LogP contribution in [0.1, 0.15) is 22.8 Å². The maximum Gasteiger partial charge on any atom is 0.343 e. The van der Waals surface area contributed by atoms with Crippen molar-refractivity contribution >= 4 is 33.7 Å². The third kappa shape index (κ3) is 4.56. The zero-order valence-electron chi connectivity index (χ0n) is 16.1. The number of rotatable bonds is 6. The first-order chi connectivity index (χ1) is 14.5. The molecule has 0 aliphatic heterocycles. The van der Waals surface area contributed by atoms with Gasteiger partial charge in [0.1, 0.15) is 11.6 Å². The van der Waals surface area contributed by atoms with E-state index in [1.807, 2.05) is 6.07 Å². The third-order valence-corrected chi connectivity index (χ3v) is 5.24. The Hall–Kier alpha value is -3.09. The monoisotopic (exact) mass is 485 g/mol. The number of carbonyl (C=O) groups is 1. The van der Waals surface area contributed by atoms with Crippen molar-refractivity contribution in [1.29, 1.82) is 5.26 Å². The molecule has 0 aliphatic rings. The van der Waals surface area contributed by atoms with Crippen molar-refractivity contribution in [1.82, 2.24) is 9.97 Å². The molecule has 3 rings (SSSR count). The molecule has 7 nitrogen and oxygen atoms in total. The van der Waals surface area contributed by atoms with Crippen LogP contribution in [0.3, 0.4) is 0 Å². The Balaban J connectivity index is 2.11. The van der Waals surface area contributed by atoms with E-state index in [0.29, 0.717) is 27.4 Å². The second-order valence-electron chi connectivity index (χ2n) is 5.88. The summed E-state index contributed by atoms with van der Waals surface area (Å²) >= 11 is 4.68. The smallest absolute Gasteiger partial charge is 0.343 e. The van der Waals surface area contributed by atoms with Crippen molar-refractivity contribution in [2.45, 2.75) is 12.1 Å². The van der Waals surface area contributed by atoms with Crippen molar-refractivity contribution in [2.24, 2.45) is 0 Å². The van der Waals surface area contributed by atoms with Gasteiger partial charge in [-0.05, 0) is 53.4 Å². The topological polar surface area (TPSA) is 105 Å². The van der Waals surface area contributed by atoms with Crippen LogP contribution in [-0.4, -0.2) is 28.8 Å². The van der Waals surface area contributed by atoms with Gasteiger partial charge in [0, 0.05) is 10.0 Å². The van der Waals surface area contributed by atoms with Crippen molar-refractivity contribution in [3.63, 3.8) is 0 Å². The van der Waals surface area contributed by atoms with Crippen LogP contribution in [0.4, 0.5) is 0 Å².